The summed E-state index contributed by atoms with van der Waals surface area (Å²) in [5.74, 6) is 1.81. The minimum absolute atomic E-state index is 0.202. The molecular formula is C48H38N6. The van der Waals surface area contributed by atoms with Gasteiger partial charge < -0.3 is 10.2 Å². The van der Waals surface area contributed by atoms with Crippen molar-refractivity contribution in [3.05, 3.63) is 186 Å². The lowest BCUT2D eigenvalue weighted by molar-refractivity contribution is 0.811. The summed E-state index contributed by atoms with van der Waals surface area (Å²) in [4.78, 5) is 13.3. The highest BCUT2D eigenvalue weighted by Crippen LogP contribution is 2.51. The van der Waals surface area contributed by atoms with Crippen LogP contribution in [0.2, 0.25) is 0 Å². The Kier molecular flexibility index (Phi) is 7.44. The third kappa shape index (κ3) is 4.87. The van der Waals surface area contributed by atoms with E-state index in [2.05, 4.69) is 204 Å². The Morgan fingerprint density at radius 2 is 0.870 bits per heavy atom. The maximum Gasteiger partial charge on any atom is 0.146 e. The topological polar surface area (TPSA) is 50.9 Å². The van der Waals surface area contributed by atoms with E-state index in [0.29, 0.717) is 0 Å². The largest absolute Gasteiger partial charge is 0.359 e. The zero-order valence-electron chi connectivity index (χ0n) is 30.4. The molecule has 7 aromatic carbocycles. The summed E-state index contributed by atoms with van der Waals surface area (Å²) in [6.45, 7) is 6.80. The lowest BCUT2D eigenvalue weighted by atomic mass is 9.85. The molecule has 54 heavy (non-hydrogen) atoms. The molecule has 10 rings (SSSR count). The van der Waals surface area contributed by atoms with Crippen molar-refractivity contribution in [3.8, 4) is 34.2 Å². The van der Waals surface area contributed by atoms with Crippen LogP contribution in [-0.2, 0) is 0 Å². The standard InChI is InChI=1S/C48H38N6/c1-31-43(46-49-37-25-13-16-28-40(37)52(46)34-19-7-4-8-20-34)32(2)45(48-51-39-27-15-18-30-42(39)54(48)36-23-11-6-12-24-36)33(3)44(31)47-50-38-26-14-17-29-41(38)53(47)35-21-9-5-10-22-35/h4-30,46,49H,1-3H3. The fourth-order valence-electron chi connectivity index (χ4n) is 8.62. The number of benzene rings is 7. The molecule has 1 N–H and O–H groups in total. The highest BCUT2D eigenvalue weighted by atomic mass is 15.3. The molecule has 1 aliphatic heterocycles. The lowest BCUT2D eigenvalue weighted by Gasteiger charge is -2.32. The molecule has 0 aliphatic carbocycles. The van der Waals surface area contributed by atoms with E-state index < -0.39 is 0 Å². The Bertz CT molecular complexity index is 2690. The minimum atomic E-state index is -0.202. The fourth-order valence-corrected chi connectivity index (χ4v) is 8.62. The summed E-state index contributed by atoms with van der Waals surface area (Å²) in [5.41, 5.74) is 16.4. The van der Waals surface area contributed by atoms with Crippen LogP contribution < -0.4 is 10.2 Å². The van der Waals surface area contributed by atoms with Gasteiger partial charge in [-0.05, 0) is 110 Å². The summed E-state index contributed by atoms with van der Waals surface area (Å²) in [6, 6.07) is 57.4. The maximum atomic E-state index is 5.45. The smallest absolute Gasteiger partial charge is 0.146 e. The van der Waals surface area contributed by atoms with E-state index >= 15 is 0 Å². The Balaban J connectivity index is 1.34. The van der Waals surface area contributed by atoms with Crippen LogP contribution in [-0.4, -0.2) is 19.1 Å². The lowest BCUT2D eigenvalue weighted by Crippen LogP contribution is -2.26. The van der Waals surface area contributed by atoms with Crippen molar-refractivity contribution in [2.45, 2.75) is 26.9 Å². The van der Waals surface area contributed by atoms with Crippen molar-refractivity contribution in [2.75, 3.05) is 10.2 Å². The molecule has 6 heteroatoms. The molecule has 0 radical (unpaired) electrons. The van der Waals surface area contributed by atoms with E-state index in [0.717, 1.165) is 78.8 Å². The molecule has 1 unspecified atom stereocenters. The summed E-state index contributed by atoms with van der Waals surface area (Å²) in [5, 5.41) is 3.98. The molecule has 1 atom stereocenters. The van der Waals surface area contributed by atoms with Crippen LogP contribution in [0.1, 0.15) is 28.4 Å². The predicted octanol–water partition coefficient (Wildman–Crippen LogP) is 11.9. The number of anilines is 3. The zero-order valence-corrected chi connectivity index (χ0v) is 30.4. The van der Waals surface area contributed by atoms with Gasteiger partial charge >= 0.3 is 0 Å². The molecule has 2 aromatic heterocycles. The molecule has 3 heterocycles. The Morgan fingerprint density at radius 1 is 0.444 bits per heavy atom. The number of rotatable bonds is 6. The van der Waals surface area contributed by atoms with Crippen LogP contribution in [0, 0.1) is 20.8 Å². The van der Waals surface area contributed by atoms with Crippen LogP contribution in [0.25, 0.3) is 56.2 Å². The van der Waals surface area contributed by atoms with Gasteiger partial charge in [-0.15, -0.1) is 0 Å². The number of para-hydroxylation sites is 9. The minimum Gasteiger partial charge on any atom is -0.359 e. The van der Waals surface area contributed by atoms with Crippen molar-refractivity contribution < 1.29 is 0 Å². The van der Waals surface area contributed by atoms with Gasteiger partial charge in [-0.3, -0.25) is 9.13 Å². The van der Waals surface area contributed by atoms with Gasteiger partial charge in [-0.25, -0.2) is 9.97 Å². The SMILES string of the molecule is Cc1c(-c2nc3ccccc3n2-c2ccccc2)c(C)c(C2Nc3ccccc3N2c2ccccc2)c(C)c1-c1nc2ccccc2n1-c1ccccc1. The maximum absolute atomic E-state index is 5.45. The van der Waals surface area contributed by atoms with Crippen LogP contribution in [0.3, 0.4) is 0 Å². The van der Waals surface area contributed by atoms with E-state index in [9.17, 15) is 0 Å². The third-order valence-corrected chi connectivity index (χ3v) is 10.9. The first-order chi connectivity index (χ1) is 26.6. The second kappa shape index (κ2) is 12.6. The molecule has 0 bridgehead atoms. The van der Waals surface area contributed by atoms with Crippen molar-refractivity contribution in [3.63, 3.8) is 0 Å². The highest BCUT2D eigenvalue weighted by molar-refractivity contribution is 5.92. The van der Waals surface area contributed by atoms with E-state index in [1.165, 1.54) is 16.7 Å². The first-order valence-electron chi connectivity index (χ1n) is 18.5. The van der Waals surface area contributed by atoms with E-state index in [1.54, 1.807) is 0 Å². The quantitative estimate of drug-likeness (QED) is 0.188. The van der Waals surface area contributed by atoms with Crippen molar-refractivity contribution in [1.82, 2.24) is 19.1 Å². The number of nitrogens with one attached hydrogen (secondary N) is 1. The number of imidazole rings is 2. The van der Waals surface area contributed by atoms with Gasteiger partial charge in [-0.2, -0.15) is 0 Å². The number of nitrogens with zero attached hydrogens (tertiary/aromatic N) is 5. The molecule has 0 fully saturated rings. The van der Waals surface area contributed by atoms with Gasteiger partial charge in [0, 0.05) is 33.8 Å². The molecule has 0 saturated heterocycles. The van der Waals surface area contributed by atoms with Gasteiger partial charge in [0.05, 0.1) is 33.4 Å². The van der Waals surface area contributed by atoms with Crippen LogP contribution in [0.5, 0.6) is 0 Å². The predicted molar refractivity (Wildman–Crippen MR) is 222 cm³/mol. The van der Waals surface area contributed by atoms with E-state index in [1.807, 2.05) is 0 Å². The Labute approximate surface area is 314 Å². The first kappa shape index (κ1) is 31.8. The zero-order chi connectivity index (χ0) is 36.3. The van der Waals surface area contributed by atoms with E-state index in [4.69, 9.17) is 9.97 Å². The number of fused-ring (bicyclic) bond motifs is 3. The average molecular weight is 699 g/mol. The summed E-state index contributed by atoms with van der Waals surface area (Å²) in [7, 11) is 0. The van der Waals surface area contributed by atoms with Crippen molar-refractivity contribution in [2.24, 2.45) is 0 Å². The van der Waals surface area contributed by atoms with Crippen LogP contribution in [0.4, 0.5) is 17.1 Å². The van der Waals surface area contributed by atoms with Gasteiger partial charge in [-0.1, -0.05) is 91.0 Å². The molecule has 9 aromatic rings. The van der Waals surface area contributed by atoms with E-state index in [-0.39, 0.29) is 6.17 Å². The molecule has 0 amide bonds. The summed E-state index contributed by atoms with van der Waals surface area (Å²) < 4.78 is 4.64. The number of hydrogen-bond donors (Lipinski definition) is 1. The second-order valence-corrected chi connectivity index (χ2v) is 14.0. The van der Waals surface area contributed by atoms with Gasteiger partial charge in [0.25, 0.3) is 0 Å². The van der Waals surface area contributed by atoms with Gasteiger partial charge in [0.1, 0.15) is 17.8 Å². The summed E-state index contributed by atoms with van der Waals surface area (Å²) >= 11 is 0. The normalized spacial score (nSPS) is 13.8. The van der Waals surface area contributed by atoms with Crippen molar-refractivity contribution in [1.29, 1.82) is 0 Å². The third-order valence-electron chi connectivity index (χ3n) is 10.9. The number of hydrogen-bond acceptors (Lipinski definition) is 4. The molecule has 0 spiro atoms. The number of aromatic nitrogens is 4. The van der Waals surface area contributed by atoms with Crippen LogP contribution >= 0.6 is 0 Å². The van der Waals surface area contributed by atoms with Crippen molar-refractivity contribution >= 4 is 39.1 Å². The molecule has 0 saturated carbocycles. The highest BCUT2D eigenvalue weighted by Gasteiger charge is 2.36. The van der Waals surface area contributed by atoms with Gasteiger partial charge in [0.15, 0.2) is 0 Å². The molecular weight excluding hydrogens is 661 g/mol. The average Bonchev–Trinajstić information content (AvgIpc) is 3.90. The Morgan fingerprint density at radius 3 is 1.39 bits per heavy atom. The first-order valence-corrected chi connectivity index (χ1v) is 18.5. The molecule has 260 valence electrons. The summed E-state index contributed by atoms with van der Waals surface area (Å²) in [6.07, 6.45) is -0.202. The molecule has 1 aliphatic rings. The van der Waals surface area contributed by atoms with Gasteiger partial charge in [0.2, 0.25) is 0 Å². The fraction of sp³-hybridized carbons (Fsp3) is 0.0833. The molecule has 6 nitrogen and oxygen atoms in total. The monoisotopic (exact) mass is 698 g/mol. The van der Waals surface area contributed by atoms with Crippen LogP contribution in [0.15, 0.2) is 164 Å². The Hall–Kier alpha value is -6.92. The second-order valence-electron chi connectivity index (χ2n) is 14.0.